The average Bonchev–Trinajstić information content (AvgIpc) is 3.00. The van der Waals surface area contributed by atoms with Crippen LogP contribution in [0.2, 0.25) is 0 Å². The maximum Gasteiger partial charge on any atom is 0.269 e. The van der Waals surface area contributed by atoms with Crippen LogP contribution in [0.1, 0.15) is 27.2 Å². The summed E-state index contributed by atoms with van der Waals surface area (Å²) < 4.78 is 0. The topological polar surface area (TPSA) is 66.1 Å². The van der Waals surface area contributed by atoms with E-state index in [0.717, 1.165) is 25.3 Å². The van der Waals surface area contributed by atoms with Crippen LogP contribution in [0.5, 0.6) is 0 Å². The van der Waals surface area contributed by atoms with E-state index in [4.69, 9.17) is 0 Å². The van der Waals surface area contributed by atoms with E-state index in [0.29, 0.717) is 5.69 Å². The van der Waals surface area contributed by atoms with Gasteiger partial charge < -0.3 is 16.0 Å². The van der Waals surface area contributed by atoms with Gasteiger partial charge >= 0.3 is 0 Å². The first-order valence-corrected chi connectivity index (χ1v) is 6.99. The lowest BCUT2D eigenvalue weighted by molar-refractivity contribution is 0.0958. The van der Waals surface area contributed by atoms with Crippen LogP contribution in [0.25, 0.3) is 0 Å². The summed E-state index contributed by atoms with van der Waals surface area (Å²) in [5.74, 6) is -0.178. The number of fused-ring (bicyclic) bond motifs is 1. The van der Waals surface area contributed by atoms with Gasteiger partial charge in [0, 0.05) is 38.6 Å². The first-order chi connectivity index (χ1) is 10.3. The summed E-state index contributed by atoms with van der Waals surface area (Å²) in [4.78, 5) is 15.6. The van der Waals surface area contributed by atoms with Crippen molar-refractivity contribution in [3.8, 4) is 0 Å². The molecule has 21 heavy (non-hydrogen) atoms. The minimum atomic E-state index is -0.178. The van der Waals surface area contributed by atoms with Gasteiger partial charge in [0.05, 0.1) is 0 Å². The molecular weight excluding hydrogens is 264 g/mol. The number of anilines is 1. The van der Waals surface area contributed by atoms with Crippen molar-refractivity contribution in [2.75, 3.05) is 12.4 Å². The van der Waals surface area contributed by atoms with E-state index in [-0.39, 0.29) is 5.91 Å². The molecular formula is C16H18N4O. The van der Waals surface area contributed by atoms with Crippen LogP contribution in [-0.2, 0) is 19.6 Å². The Morgan fingerprint density at radius 2 is 2.10 bits per heavy atom. The third-order valence-electron chi connectivity index (χ3n) is 3.62. The molecule has 2 aromatic rings. The second-order valence-corrected chi connectivity index (χ2v) is 5.07. The summed E-state index contributed by atoms with van der Waals surface area (Å²) >= 11 is 0. The number of rotatable bonds is 4. The maximum absolute atomic E-state index is 11.6. The van der Waals surface area contributed by atoms with E-state index in [2.05, 4.69) is 39.1 Å². The number of hydrogen-bond acceptors (Lipinski definition) is 4. The Labute approximate surface area is 123 Å². The Morgan fingerprint density at radius 3 is 2.95 bits per heavy atom. The van der Waals surface area contributed by atoms with Gasteiger partial charge in [-0.1, -0.05) is 18.2 Å². The molecule has 0 saturated heterocycles. The van der Waals surface area contributed by atoms with E-state index >= 15 is 0 Å². The molecule has 0 unspecified atom stereocenters. The van der Waals surface area contributed by atoms with Crippen LogP contribution in [0.4, 0.5) is 5.69 Å². The Bertz CT molecular complexity index is 669. The van der Waals surface area contributed by atoms with Gasteiger partial charge in [-0.25, -0.2) is 0 Å². The zero-order chi connectivity index (χ0) is 14.7. The molecule has 1 aromatic carbocycles. The van der Waals surface area contributed by atoms with Crippen LogP contribution in [0.3, 0.4) is 0 Å². The summed E-state index contributed by atoms with van der Waals surface area (Å²) in [6.07, 6.45) is 1.64. The Hall–Kier alpha value is -2.40. The zero-order valence-corrected chi connectivity index (χ0v) is 11.9. The van der Waals surface area contributed by atoms with E-state index in [1.807, 2.05) is 6.07 Å². The number of nitrogens with one attached hydrogen (secondary N) is 3. The molecule has 1 amide bonds. The zero-order valence-electron chi connectivity index (χ0n) is 11.9. The van der Waals surface area contributed by atoms with E-state index < -0.39 is 0 Å². The highest BCUT2D eigenvalue weighted by Gasteiger charge is 2.10. The molecule has 5 nitrogen and oxygen atoms in total. The number of carbonyl (C=O) groups excluding carboxylic acids is 1. The summed E-state index contributed by atoms with van der Waals surface area (Å²) in [7, 11) is 1.60. The Balaban J connectivity index is 1.69. The van der Waals surface area contributed by atoms with Crippen LogP contribution >= 0.6 is 0 Å². The van der Waals surface area contributed by atoms with Crippen molar-refractivity contribution in [3.05, 3.63) is 58.9 Å². The molecule has 3 rings (SSSR count). The SMILES string of the molecule is CNC(=O)c1cc(NCc2ccc3c(c2)CNC3)ccn1. The Kier molecular flexibility index (Phi) is 3.83. The van der Waals surface area contributed by atoms with Gasteiger partial charge in [-0.05, 0) is 28.8 Å². The number of pyridine rings is 1. The van der Waals surface area contributed by atoms with Crippen LogP contribution in [0, 0.1) is 0 Å². The number of aromatic nitrogens is 1. The summed E-state index contributed by atoms with van der Waals surface area (Å²) in [5, 5.41) is 9.25. The van der Waals surface area contributed by atoms with Crippen LogP contribution in [-0.4, -0.2) is 17.9 Å². The fourth-order valence-electron chi connectivity index (χ4n) is 2.45. The molecule has 0 saturated carbocycles. The van der Waals surface area contributed by atoms with Crippen molar-refractivity contribution in [3.63, 3.8) is 0 Å². The number of carbonyl (C=O) groups is 1. The van der Waals surface area contributed by atoms with Crippen molar-refractivity contribution in [2.24, 2.45) is 0 Å². The smallest absolute Gasteiger partial charge is 0.269 e. The molecule has 0 bridgehead atoms. The van der Waals surface area contributed by atoms with E-state index in [9.17, 15) is 4.79 Å². The molecule has 1 aliphatic heterocycles. The number of nitrogens with zero attached hydrogens (tertiary/aromatic N) is 1. The monoisotopic (exact) mass is 282 g/mol. The third kappa shape index (κ3) is 3.03. The lowest BCUT2D eigenvalue weighted by Gasteiger charge is -2.09. The summed E-state index contributed by atoms with van der Waals surface area (Å²) in [6, 6.07) is 10.2. The number of benzene rings is 1. The normalized spacial score (nSPS) is 12.8. The number of amides is 1. The Morgan fingerprint density at radius 1 is 1.24 bits per heavy atom. The minimum Gasteiger partial charge on any atom is -0.381 e. The maximum atomic E-state index is 11.6. The predicted molar refractivity (Wildman–Crippen MR) is 81.9 cm³/mol. The first kappa shape index (κ1) is 13.6. The quantitative estimate of drug-likeness (QED) is 0.798. The van der Waals surface area contributed by atoms with Crippen LogP contribution in [0.15, 0.2) is 36.5 Å². The predicted octanol–water partition coefficient (Wildman–Crippen LogP) is 1.66. The van der Waals surface area contributed by atoms with Gasteiger partial charge in [-0.3, -0.25) is 9.78 Å². The fourth-order valence-corrected chi connectivity index (χ4v) is 2.45. The van der Waals surface area contributed by atoms with Gasteiger partial charge in [0.1, 0.15) is 5.69 Å². The van der Waals surface area contributed by atoms with Gasteiger partial charge in [-0.15, -0.1) is 0 Å². The minimum absolute atomic E-state index is 0.178. The highest BCUT2D eigenvalue weighted by Crippen LogP contribution is 2.18. The molecule has 1 aromatic heterocycles. The number of hydrogen-bond donors (Lipinski definition) is 3. The standard InChI is InChI=1S/C16H18N4O/c1-17-16(21)15-7-14(4-5-19-15)20-8-11-2-3-12-9-18-10-13(12)6-11/h2-7,18H,8-10H2,1H3,(H,17,21)(H,19,20). The summed E-state index contributed by atoms with van der Waals surface area (Å²) in [5.41, 5.74) is 5.29. The molecule has 0 spiro atoms. The van der Waals surface area contributed by atoms with Crippen molar-refractivity contribution in [1.29, 1.82) is 0 Å². The van der Waals surface area contributed by atoms with Gasteiger partial charge in [0.25, 0.3) is 5.91 Å². The molecule has 1 aliphatic rings. The summed E-state index contributed by atoms with van der Waals surface area (Å²) in [6.45, 7) is 2.63. The van der Waals surface area contributed by atoms with Gasteiger partial charge in [0.2, 0.25) is 0 Å². The lowest BCUT2D eigenvalue weighted by Crippen LogP contribution is -2.19. The fraction of sp³-hybridized carbons (Fsp3) is 0.250. The van der Waals surface area contributed by atoms with Crippen molar-refractivity contribution in [2.45, 2.75) is 19.6 Å². The van der Waals surface area contributed by atoms with Crippen molar-refractivity contribution in [1.82, 2.24) is 15.6 Å². The van der Waals surface area contributed by atoms with Crippen LogP contribution < -0.4 is 16.0 Å². The van der Waals surface area contributed by atoms with Crippen molar-refractivity contribution < 1.29 is 4.79 Å². The molecule has 0 aliphatic carbocycles. The van der Waals surface area contributed by atoms with Gasteiger partial charge in [0.15, 0.2) is 0 Å². The first-order valence-electron chi connectivity index (χ1n) is 6.99. The second kappa shape index (κ2) is 5.93. The highest BCUT2D eigenvalue weighted by molar-refractivity contribution is 5.92. The molecule has 0 atom stereocenters. The molecule has 0 radical (unpaired) electrons. The van der Waals surface area contributed by atoms with Crippen molar-refractivity contribution >= 4 is 11.6 Å². The molecule has 3 N–H and O–H groups in total. The lowest BCUT2D eigenvalue weighted by atomic mass is 10.1. The second-order valence-electron chi connectivity index (χ2n) is 5.07. The highest BCUT2D eigenvalue weighted by atomic mass is 16.1. The van der Waals surface area contributed by atoms with E-state index in [1.54, 1.807) is 19.3 Å². The molecule has 108 valence electrons. The third-order valence-corrected chi connectivity index (χ3v) is 3.62. The largest absolute Gasteiger partial charge is 0.381 e. The molecule has 0 fully saturated rings. The molecule has 5 heteroatoms. The van der Waals surface area contributed by atoms with E-state index in [1.165, 1.54) is 16.7 Å². The molecule has 2 heterocycles. The average molecular weight is 282 g/mol. The van der Waals surface area contributed by atoms with Gasteiger partial charge in [-0.2, -0.15) is 0 Å².